The second kappa shape index (κ2) is 5.54. The molecular formula is C12H9BrClFN2O. The molecule has 2 aromatic rings. The van der Waals surface area contributed by atoms with Crippen LogP contribution in [0.4, 0.5) is 15.9 Å². The Morgan fingerprint density at radius 2 is 2.17 bits per heavy atom. The molecule has 0 aliphatic carbocycles. The van der Waals surface area contributed by atoms with Crippen molar-refractivity contribution >= 4 is 39.0 Å². The highest BCUT2D eigenvalue weighted by molar-refractivity contribution is 9.10. The van der Waals surface area contributed by atoms with Crippen molar-refractivity contribution in [3.05, 3.63) is 45.8 Å². The summed E-state index contributed by atoms with van der Waals surface area (Å²) in [6, 6.07) is 6.38. The van der Waals surface area contributed by atoms with Gasteiger partial charge < -0.3 is 10.1 Å². The lowest BCUT2D eigenvalue weighted by Crippen LogP contribution is -1.98. The average molecular weight is 332 g/mol. The third kappa shape index (κ3) is 2.91. The topological polar surface area (TPSA) is 34.1 Å². The van der Waals surface area contributed by atoms with Crippen molar-refractivity contribution in [1.29, 1.82) is 0 Å². The van der Waals surface area contributed by atoms with E-state index in [0.29, 0.717) is 20.9 Å². The third-order valence-corrected chi connectivity index (χ3v) is 3.00. The Hall–Kier alpha value is -1.33. The first-order chi connectivity index (χ1) is 8.60. The number of rotatable bonds is 3. The molecule has 1 N–H and O–H groups in total. The molecule has 0 bridgehead atoms. The first-order valence-electron chi connectivity index (χ1n) is 5.02. The predicted octanol–water partition coefficient (Wildman–Crippen LogP) is 4.39. The monoisotopic (exact) mass is 330 g/mol. The zero-order valence-electron chi connectivity index (χ0n) is 9.38. The van der Waals surface area contributed by atoms with Crippen LogP contribution in [0.25, 0.3) is 0 Å². The van der Waals surface area contributed by atoms with E-state index in [4.69, 9.17) is 16.3 Å². The number of nitrogens with zero attached hydrogens (tertiary/aromatic N) is 1. The number of halogens is 3. The van der Waals surface area contributed by atoms with E-state index in [2.05, 4.69) is 26.2 Å². The van der Waals surface area contributed by atoms with Gasteiger partial charge in [0.1, 0.15) is 5.75 Å². The van der Waals surface area contributed by atoms with Crippen molar-refractivity contribution in [2.75, 3.05) is 12.4 Å². The van der Waals surface area contributed by atoms with Crippen LogP contribution in [-0.2, 0) is 0 Å². The molecule has 0 atom stereocenters. The van der Waals surface area contributed by atoms with Crippen LogP contribution in [0.5, 0.6) is 5.75 Å². The number of nitrogens with one attached hydrogen (secondary N) is 1. The number of anilines is 2. The fourth-order valence-electron chi connectivity index (χ4n) is 1.36. The Balaban J connectivity index is 2.33. The van der Waals surface area contributed by atoms with Gasteiger partial charge in [0.2, 0.25) is 0 Å². The van der Waals surface area contributed by atoms with E-state index in [1.807, 2.05) is 0 Å². The van der Waals surface area contributed by atoms with Crippen LogP contribution < -0.4 is 10.1 Å². The molecule has 0 radical (unpaired) electrons. The summed E-state index contributed by atoms with van der Waals surface area (Å²) in [4.78, 5) is 3.94. The quantitative estimate of drug-likeness (QED) is 0.906. The SMILES string of the molecule is COc1ccc(Cl)c(Nc2ncc(Br)cc2F)c1. The Labute approximate surface area is 117 Å². The summed E-state index contributed by atoms with van der Waals surface area (Å²) >= 11 is 9.15. The van der Waals surface area contributed by atoms with Gasteiger partial charge in [-0.15, -0.1) is 0 Å². The molecular weight excluding hydrogens is 322 g/mol. The second-order valence-corrected chi connectivity index (χ2v) is 4.78. The lowest BCUT2D eigenvalue weighted by atomic mass is 10.3. The number of benzene rings is 1. The number of hydrogen-bond donors (Lipinski definition) is 1. The Morgan fingerprint density at radius 3 is 2.83 bits per heavy atom. The van der Waals surface area contributed by atoms with Gasteiger partial charge in [0.25, 0.3) is 0 Å². The molecule has 3 nitrogen and oxygen atoms in total. The lowest BCUT2D eigenvalue weighted by Gasteiger charge is -2.10. The molecule has 0 spiro atoms. The Bertz CT molecular complexity index is 580. The first kappa shape index (κ1) is 13.1. The van der Waals surface area contributed by atoms with Gasteiger partial charge in [0.15, 0.2) is 11.6 Å². The summed E-state index contributed by atoms with van der Waals surface area (Å²) in [5.41, 5.74) is 0.532. The molecule has 6 heteroatoms. The van der Waals surface area contributed by atoms with Gasteiger partial charge in [0.05, 0.1) is 17.8 Å². The van der Waals surface area contributed by atoms with Crippen molar-refractivity contribution < 1.29 is 9.13 Å². The van der Waals surface area contributed by atoms with Crippen LogP contribution in [-0.4, -0.2) is 12.1 Å². The number of pyridine rings is 1. The molecule has 0 aliphatic rings. The van der Waals surface area contributed by atoms with Gasteiger partial charge in [-0.05, 0) is 34.1 Å². The molecule has 0 saturated heterocycles. The van der Waals surface area contributed by atoms with E-state index in [1.165, 1.54) is 12.3 Å². The van der Waals surface area contributed by atoms with Crippen LogP contribution >= 0.6 is 27.5 Å². The summed E-state index contributed by atoms with van der Waals surface area (Å²) in [7, 11) is 1.55. The zero-order valence-corrected chi connectivity index (χ0v) is 11.7. The van der Waals surface area contributed by atoms with Gasteiger partial charge in [-0.3, -0.25) is 0 Å². The minimum atomic E-state index is -0.469. The van der Waals surface area contributed by atoms with E-state index < -0.39 is 5.82 Å². The smallest absolute Gasteiger partial charge is 0.166 e. The standard InChI is InChI=1S/C12H9BrClFN2O/c1-18-8-2-3-9(14)11(5-8)17-12-10(15)4-7(13)6-16-12/h2-6H,1H3,(H,16,17). The molecule has 1 aromatic carbocycles. The largest absolute Gasteiger partial charge is 0.497 e. The third-order valence-electron chi connectivity index (χ3n) is 2.23. The maximum absolute atomic E-state index is 13.6. The fourth-order valence-corrected chi connectivity index (χ4v) is 1.83. The van der Waals surface area contributed by atoms with Crippen LogP contribution in [0.15, 0.2) is 34.9 Å². The maximum Gasteiger partial charge on any atom is 0.166 e. The molecule has 94 valence electrons. The Morgan fingerprint density at radius 1 is 1.39 bits per heavy atom. The molecule has 2 rings (SSSR count). The van der Waals surface area contributed by atoms with Crippen molar-refractivity contribution in [1.82, 2.24) is 4.98 Å². The lowest BCUT2D eigenvalue weighted by molar-refractivity contribution is 0.415. The first-order valence-corrected chi connectivity index (χ1v) is 6.19. The maximum atomic E-state index is 13.6. The predicted molar refractivity (Wildman–Crippen MR) is 73.2 cm³/mol. The number of ether oxygens (including phenoxy) is 1. The molecule has 0 saturated carbocycles. The van der Waals surface area contributed by atoms with Crippen LogP contribution in [0.3, 0.4) is 0 Å². The highest BCUT2D eigenvalue weighted by Crippen LogP contribution is 2.30. The number of aromatic nitrogens is 1. The highest BCUT2D eigenvalue weighted by atomic mass is 79.9. The summed E-state index contributed by atoms with van der Waals surface area (Å²) in [5.74, 6) is 0.260. The van der Waals surface area contributed by atoms with Crippen LogP contribution in [0, 0.1) is 5.82 Å². The van der Waals surface area contributed by atoms with Crippen molar-refractivity contribution in [3.63, 3.8) is 0 Å². The summed E-state index contributed by atoms with van der Waals surface area (Å²) < 4.78 is 19.3. The van der Waals surface area contributed by atoms with Crippen molar-refractivity contribution in [2.24, 2.45) is 0 Å². The molecule has 0 fully saturated rings. The number of methoxy groups -OCH3 is 1. The molecule has 1 aromatic heterocycles. The van der Waals surface area contributed by atoms with E-state index in [-0.39, 0.29) is 5.82 Å². The average Bonchev–Trinajstić information content (AvgIpc) is 2.35. The van der Waals surface area contributed by atoms with Gasteiger partial charge in [-0.2, -0.15) is 0 Å². The minimum Gasteiger partial charge on any atom is -0.497 e. The second-order valence-electron chi connectivity index (χ2n) is 3.45. The van der Waals surface area contributed by atoms with Crippen molar-refractivity contribution in [3.8, 4) is 5.75 Å². The molecule has 0 unspecified atom stereocenters. The molecule has 0 amide bonds. The minimum absolute atomic E-state index is 0.105. The summed E-state index contributed by atoms with van der Waals surface area (Å²) in [6.45, 7) is 0. The van der Waals surface area contributed by atoms with Gasteiger partial charge in [0, 0.05) is 16.7 Å². The van der Waals surface area contributed by atoms with Crippen LogP contribution in [0.1, 0.15) is 0 Å². The highest BCUT2D eigenvalue weighted by Gasteiger charge is 2.08. The van der Waals surface area contributed by atoms with E-state index in [9.17, 15) is 4.39 Å². The van der Waals surface area contributed by atoms with Crippen LogP contribution in [0.2, 0.25) is 5.02 Å². The van der Waals surface area contributed by atoms with Gasteiger partial charge in [-0.25, -0.2) is 9.37 Å². The normalized spacial score (nSPS) is 10.2. The van der Waals surface area contributed by atoms with E-state index in [0.717, 1.165) is 0 Å². The molecule has 0 aliphatic heterocycles. The summed E-state index contributed by atoms with van der Waals surface area (Å²) in [5, 5.41) is 3.28. The van der Waals surface area contributed by atoms with E-state index >= 15 is 0 Å². The van der Waals surface area contributed by atoms with E-state index in [1.54, 1.807) is 25.3 Å². The zero-order chi connectivity index (χ0) is 13.1. The molecule has 18 heavy (non-hydrogen) atoms. The Kier molecular flexibility index (Phi) is 4.04. The molecule has 1 heterocycles. The summed E-state index contributed by atoms with van der Waals surface area (Å²) in [6.07, 6.45) is 1.50. The van der Waals surface area contributed by atoms with Gasteiger partial charge in [-0.1, -0.05) is 11.6 Å². The van der Waals surface area contributed by atoms with Gasteiger partial charge >= 0.3 is 0 Å². The van der Waals surface area contributed by atoms with Crippen molar-refractivity contribution in [2.45, 2.75) is 0 Å². The fraction of sp³-hybridized carbons (Fsp3) is 0.0833. The number of hydrogen-bond acceptors (Lipinski definition) is 3.